The van der Waals surface area contributed by atoms with Gasteiger partial charge >= 0.3 is 11.9 Å². The van der Waals surface area contributed by atoms with E-state index in [9.17, 15) is 9.59 Å². The van der Waals surface area contributed by atoms with Crippen molar-refractivity contribution >= 4 is 11.9 Å². The second-order valence-corrected chi connectivity index (χ2v) is 7.08. The molecule has 0 spiro atoms. The predicted molar refractivity (Wildman–Crippen MR) is 108 cm³/mol. The topological polar surface area (TPSA) is 88.5 Å². The maximum absolute atomic E-state index is 11.9. The third-order valence-corrected chi connectivity index (χ3v) is 5.11. The predicted octanol–water partition coefficient (Wildman–Crippen LogP) is 1.24. The molecule has 0 aromatic heterocycles. The molecule has 2 heterocycles. The number of nitrogens with zero attached hydrogens (tertiary/aromatic N) is 2. The van der Waals surface area contributed by atoms with Crippen LogP contribution in [0.4, 0.5) is 0 Å². The first-order chi connectivity index (χ1) is 14.0. The molecule has 2 fully saturated rings. The first kappa shape index (κ1) is 23.3. The van der Waals surface area contributed by atoms with Crippen molar-refractivity contribution < 1.29 is 28.9 Å². The third kappa shape index (κ3) is 8.10. The summed E-state index contributed by atoms with van der Waals surface area (Å²) in [5.41, 5.74) is 1.01. The molecule has 0 unspecified atom stereocenters. The zero-order chi connectivity index (χ0) is 21.1. The summed E-state index contributed by atoms with van der Waals surface area (Å²) >= 11 is 0. The molecule has 1 aromatic carbocycles. The maximum atomic E-state index is 11.9. The van der Waals surface area contributed by atoms with Gasteiger partial charge < -0.3 is 19.3 Å². The SMILES string of the molecule is C[C@@H](C(=O)O)N1CCOCC1.C[C@@H](C(=O)OCc1ccccc1)N1CCOCC1. The largest absolute Gasteiger partial charge is 0.480 e. The van der Waals surface area contributed by atoms with Crippen LogP contribution < -0.4 is 0 Å². The van der Waals surface area contributed by atoms with Crippen molar-refractivity contribution in [3.05, 3.63) is 35.9 Å². The molecule has 0 amide bonds. The molecule has 8 heteroatoms. The number of rotatable bonds is 6. The van der Waals surface area contributed by atoms with Crippen LogP contribution in [0, 0.1) is 0 Å². The second-order valence-electron chi connectivity index (χ2n) is 7.08. The van der Waals surface area contributed by atoms with Gasteiger partial charge in [0.05, 0.1) is 26.4 Å². The molecule has 8 nitrogen and oxygen atoms in total. The van der Waals surface area contributed by atoms with Gasteiger partial charge in [0.15, 0.2) is 0 Å². The van der Waals surface area contributed by atoms with Crippen LogP contribution in [0.25, 0.3) is 0 Å². The van der Waals surface area contributed by atoms with Crippen molar-refractivity contribution in [1.29, 1.82) is 0 Å². The molecule has 162 valence electrons. The number of carbonyl (C=O) groups excluding carboxylic acids is 1. The van der Waals surface area contributed by atoms with Gasteiger partial charge in [0, 0.05) is 26.2 Å². The van der Waals surface area contributed by atoms with Crippen molar-refractivity contribution in [3.63, 3.8) is 0 Å². The minimum atomic E-state index is -0.758. The minimum Gasteiger partial charge on any atom is -0.480 e. The Hall–Kier alpha value is -2.00. The third-order valence-electron chi connectivity index (χ3n) is 5.11. The van der Waals surface area contributed by atoms with Crippen LogP contribution in [-0.2, 0) is 30.4 Å². The lowest BCUT2D eigenvalue weighted by Gasteiger charge is -2.30. The Labute approximate surface area is 172 Å². The highest BCUT2D eigenvalue weighted by Gasteiger charge is 2.24. The van der Waals surface area contributed by atoms with E-state index in [2.05, 4.69) is 4.90 Å². The number of hydrogen-bond acceptors (Lipinski definition) is 7. The first-order valence-electron chi connectivity index (χ1n) is 10.1. The Bertz CT molecular complexity index is 615. The summed E-state index contributed by atoms with van der Waals surface area (Å²) in [6, 6.07) is 9.15. The zero-order valence-electron chi connectivity index (χ0n) is 17.3. The summed E-state index contributed by atoms with van der Waals surface area (Å²) in [4.78, 5) is 26.4. The van der Waals surface area contributed by atoms with E-state index in [1.165, 1.54) is 0 Å². The lowest BCUT2D eigenvalue weighted by atomic mass is 10.2. The number of carboxylic acid groups (broad SMARTS) is 1. The van der Waals surface area contributed by atoms with Crippen LogP contribution in [0.1, 0.15) is 19.4 Å². The smallest absolute Gasteiger partial charge is 0.323 e. The van der Waals surface area contributed by atoms with Crippen LogP contribution in [0.3, 0.4) is 0 Å². The van der Waals surface area contributed by atoms with Gasteiger partial charge in [-0.3, -0.25) is 19.4 Å². The number of ether oxygens (including phenoxy) is 3. The average Bonchev–Trinajstić information content (AvgIpc) is 2.78. The molecule has 0 radical (unpaired) electrons. The summed E-state index contributed by atoms with van der Waals surface area (Å²) in [5.74, 6) is -0.923. The molecule has 2 aliphatic heterocycles. The molecular formula is C21H32N2O6. The van der Waals surface area contributed by atoms with Gasteiger partial charge in [-0.2, -0.15) is 0 Å². The number of esters is 1. The van der Waals surface area contributed by atoms with Gasteiger partial charge in [0.1, 0.15) is 18.7 Å². The molecule has 1 aromatic rings. The Morgan fingerprint density at radius 3 is 1.90 bits per heavy atom. The fraction of sp³-hybridized carbons (Fsp3) is 0.619. The monoisotopic (exact) mass is 408 g/mol. The summed E-state index contributed by atoms with van der Waals surface area (Å²) in [7, 11) is 0. The van der Waals surface area contributed by atoms with Crippen LogP contribution in [0.2, 0.25) is 0 Å². The van der Waals surface area contributed by atoms with Crippen LogP contribution >= 0.6 is 0 Å². The van der Waals surface area contributed by atoms with Gasteiger partial charge in [-0.05, 0) is 19.4 Å². The number of carbonyl (C=O) groups is 2. The normalized spacial score (nSPS) is 20.1. The highest BCUT2D eigenvalue weighted by Crippen LogP contribution is 2.08. The van der Waals surface area contributed by atoms with E-state index in [-0.39, 0.29) is 18.1 Å². The van der Waals surface area contributed by atoms with Gasteiger partial charge in [0.2, 0.25) is 0 Å². The highest BCUT2D eigenvalue weighted by atomic mass is 16.5. The molecule has 0 aliphatic carbocycles. The maximum Gasteiger partial charge on any atom is 0.323 e. The van der Waals surface area contributed by atoms with Gasteiger partial charge in [-0.25, -0.2) is 0 Å². The molecule has 1 N–H and O–H groups in total. The summed E-state index contributed by atoms with van der Waals surface area (Å²) in [5, 5.41) is 8.65. The number of carboxylic acids is 1. The molecule has 2 aliphatic rings. The second kappa shape index (κ2) is 12.5. The molecule has 2 atom stereocenters. The number of hydrogen-bond donors (Lipinski definition) is 1. The van der Waals surface area contributed by atoms with Gasteiger partial charge in [-0.15, -0.1) is 0 Å². The molecule has 3 rings (SSSR count). The average molecular weight is 408 g/mol. The quantitative estimate of drug-likeness (QED) is 0.704. The van der Waals surface area contributed by atoms with E-state index in [0.717, 1.165) is 31.7 Å². The number of morpholine rings is 2. The molecule has 2 saturated heterocycles. The van der Waals surface area contributed by atoms with Crippen molar-refractivity contribution in [2.75, 3.05) is 52.6 Å². The van der Waals surface area contributed by atoms with E-state index >= 15 is 0 Å². The van der Waals surface area contributed by atoms with Crippen molar-refractivity contribution in [2.45, 2.75) is 32.5 Å². The van der Waals surface area contributed by atoms with Crippen LogP contribution in [0.15, 0.2) is 30.3 Å². The number of aliphatic carboxylic acids is 1. The highest BCUT2D eigenvalue weighted by molar-refractivity contribution is 5.75. The van der Waals surface area contributed by atoms with E-state index in [4.69, 9.17) is 19.3 Å². The standard InChI is InChI=1S/C14H19NO3.C7H13NO3/c1-12(15-7-9-17-10-8-15)14(16)18-11-13-5-3-2-4-6-13;1-6(7(9)10)8-2-4-11-5-3-8/h2-6,12H,7-11H2,1H3;6H,2-5H2,1H3,(H,9,10)/t12-;6-/m00/s1. The fourth-order valence-electron chi connectivity index (χ4n) is 3.08. The Morgan fingerprint density at radius 2 is 1.41 bits per heavy atom. The zero-order valence-corrected chi connectivity index (χ0v) is 17.3. The van der Waals surface area contributed by atoms with E-state index in [1.807, 2.05) is 42.2 Å². The lowest BCUT2D eigenvalue weighted by molar-refractivity contribution is -0.152. The Morgan fingerprint density at radius 1 is 0.931 bits per heavy atom. The minimum absolute atomic E-state index is 0.166. The summed E-state index contributed by atoms with van der Waals surface area (Å²) < 4.78 is 15.7. The molecule has 29 heavy (non-hydrogen) atoms. The van der Waals surface area contributed by atoms with Crippen LogP contribution in [0.5, 0.6) is 0 Å². The van der Waals surface area contributed by atoms with Crippen molar-refractivity contribution in [1.82, 2.24) is 9.80 Å². The van der Waals surface area contributed by atoms with Gasteiger partial charge in [0.25, 0.3) is 0 Å². The fourth-order valence-corrected chi connectivity index (χ4v) is 3.08. The van der Waals surface area contributed by atoms with Crippen molar-refractivity contribution in [3.8, 4) is 0 Å². The molecule has 0 saturated carbocycles. The van der Waals surface area contributed by atoms with Gasteiger partial charge in [-0.1, -0.05) is 30.3 Å². The Balaban J connectivity index is 0.000000234. The number of benzene rings is 1. The Kier molecular flexibility index (Phi) is 10.1. The van der Waals surface area contributed by atoms with E-state index in [1.54, 1.807) is 6.92 Å². The molecular weight excluding hydrogens is 376 g/mol. The molecule has 0 bridgehead atoms. The first-order valence-corrected chi connectivity index (χ1v) is 10.1. The van der Waals surface area contributed by atoms with Crippen molar-refractivity contribution in [2.24, 2.45) is 0 Å². The van der Waals surface area contributed by atoms with E-state index in [0.29, 0.717) is 33.0 Å². The van der Waals surface area contributed by atoms with Crippen LogP contribution in [-0.4, -0.2) is 91.5 Å². The van der Waals surface area contributed by atoms with E-state index < -0.39 is 5.97 Å². The lowest BCUT2D eigenvalue weighted by Crippen LogP contribution is -2.46. The summed E-state index contributed by atoms with van der Waals surface area (Å²) in [6.07, 6.45) is 0. The summed E-state index contributed by atoms with van der Waals surface area (Å²) in [6.45, 7) is 9.66.